The predicted octanol–water partition coefficient (Wildman–Crippen LogP) is 4.75. The van der Waals surface area contributed by atoms with E-state index in [9.17, 15) is 0 Å². The van der Waals surface area contributed by atoms with Crippen molar-refractivity contribution in [2.45, 2.75) is 51.4 Å². The fourth-order valence-electron chi connectivity index (χ4n) is 3.03. The van der Waals surface area contributed by atoms with Crippen LogP contribution in [0.1, 0.15) is 56.1 Å². The maximum absolute atomic E-state index is 4.45. The molecule has 0 amide bonds. The molecule has 0 saturated heterocycles. The molecule has 104 valence electrons. The highest BCUT2D eigenvalue weighted by molar-refractivity contribution is 5.55. The Morgan fingerprint density at radius 2 is 1.60 bits per heavy atom. The van der Waals surface area contributed by atoms with Gasteiger partial charge in [0.25, 0.3) is 0 Å². The predicted molar refractivity (Wildman–Crippen MR) is 82.7 cm³/mol. The third-order valence-electron chi connectivity index (χ3n) is 4.36. The maximum Gasteiger partial charge on any atom is 0.159 e. The highest BCUT2D eigenvalue weighted by atomic mass is 14.9. The summed E-state index contributed by atoms with van der Waals surface area (Å²) in [5.41, 5.74) is 3.79. The van der Waals surface area contributed by atoms with Gasteiger partial charge in [0.05, 0.1) is 0 Å². The van der Waals surface area contributed by atoms with Gasteiger partial charge in [0.1, 0.15) is 0 Å². The molecule has 1 saturated carbocycles. The van der Waals surface area contributed by atoms with Crippen molar-refractivity contribution in [3.05, 3.63) is 47.8 Å². The number of hydrogen-bond donors (Lipinski definition) is 0. The molecule has 0 N–H and O–H groups in total. The molecule has 0 bridgehead atoms. The van der Waals surface area contributed by atoms with Gasteiger partial charge in [-0.25, -0.2) is 9.97 Å². The minimum Gasteiger partial charge on any atom is -0.236 e. The SMILES string of the molecule is CCc1cnc(-c2ccc(C3CCCCC3)cc2)nc1. The number of benzene rings is 1. The Morgan fingerprint density at radius 3 is 2.20 bits per heavy atom. The van der Waals surface area contributed by atoms with Crippen LogP contribution in [0.2, 0.25) is 0 Å². The molecule has 0 radical (unpaired) electrons. The van der Waals surface area contributed by atoms with Crippen molar-refractivity contribution in [3.8, 4) is 11.4 Å². The largest absolute Gasteiger partial charge is 0.236 e. The summed E-state index contributed by atoms with van der Waals surface area (Å²) in [5, 5.41) is 0. The summed E-state index contributed by atoms with van der Waals surface area (Å²) >= 11 is 0. The second-order valence-corrected chi connectivity index (χ2v) is 5.73. The fourth-order valence-corrected chi connectivity index (χ4v) is 3.03. The Hall–Kier alpha value is -1.70. The van der Waals surface area contributed by atoms with Gasteiger partial charge in [0.15, 0.2) is 5.82 Å². The minimum absolute atomic E-state index is 0.765. The smallest absolute Gasteiger partial charge is 0.159 e. The van der Waals surface area contributed by atoms with Crippen LogP contribution in [0, 0.1) is 0 Å². The van der Waals surface area contributed by atoms with E-state index in [1.165, 1.54) is 43.2 Å². The second-order valence-electron chi connectivity index (χ2n) is 5.73. The van der Waals surface area contributed by atoms with Gasteiger partial charge in [-0.15, -0.1) is 0 Å². The molecule has 0 aliphatic heterocycles. The zero-order chi connectivity index (χ0) is 13.8. The van der Waals surface area contributed by atoms with E-state index in [-0.39, 0.29) is 0 Å². The molecule has 0 unspecified atom stereocenters. The van der Waals surface area contributed by atoms with E-state index in [1.54, 1.807) is 0 Å². The highest BCUT2D eigenvalue weighted by Gasteiger charge is 2.15. The van der Waals surface area contributed by atoms with Crippen LogP contribution in [0.5, 0.6) is 0 Å². The van der Waals surface area contributed by atoms with E-state index < -0.39 is 0 Å². The van der Waals surface area contributed by atoms with Gasteiger partial charge in [-0.2, -0.15) is 0 Å². The van der Waals surface area contributed by atoms with E-state index in [0.29, 0.717) is 0 Å². The van der Waals surface area contributed by atoms with Crippen molar-refractivity contribution in [2.24, 2.45) is 0 Å². The lowest BCUT2D eigenvalue weighted by Crippen LogP contribution is -2.04. The molecule has 1 heterocycles. The van der Waals surface area contributed by atoms with Crippen LogP contribution in [-0.2, 0) is 6.42 Å². The zero-order valence-corrected chi connectivity index (χ0v) is 12.2. The summed E-state index contributed by atoms with van der Waals surface area (Å²) in [6.07, 6.45) is 11.7. The normalized spacial score (nSPS) is 16.2. The molecule has 1 fully saturated rings. The summed E-state index contributed by atoms with van der Waals surface area (Å²) in [5.74, 6) is 1.60. The number of aryl methyl sites for hydroxylation is 1. The van der Waals surface area contributed by atoms with Crippen LogP contribution in [0.4, 0.5) is 0 Å². The van der Waals surface area contributed by atoms with Gasteiger partial charge in [-0.3, -0.25) is 0 Å². The zero-order valence-electron chi connectivity index (χ0n) is 12.2. The summed E-state index contributed by atoms with van der Waals surface area (Å²) in [6, 6.07) is 8.88. The molecule has 0 spiro atoms. The fraction of sp³-hybridized carbons (Fsp3) is 0.444. The van der Waals surface area contributed by atoms with Gasteiger partial charge < -0.3 is 0 Å². The van der Waals surface area contributed by atoms with Gasteiger partial charge in [-0.1, -0.05) is 50.5 Å². The Labute approximate surface area is 121 Å². The first-order valence-electron chi connectivity index (χ1n) is 7.78. The van der Waals surface area contributed by atoms with Gasteiger partial charge >= 0.3 is 0 Å². The van der Waals surface area contributed by atoms with E-state index >= 15 is 0 Å². The van der Waals surface area contributed by atoms with Crippen molar-refractivity contribution in [1.82, 2.24) is 9.97 Å². The van der Waals surface area contributed by atoms with Crippen LogP contribution in [-0.4, -0.2) is 9.97 Å². The molecule has 1 aromatic carbocycles. The van der Waals surface area contributed by atoms with Crippen molar-refractivity contribution in [2.75, 3.05) is 0 Å². The molecule has 0 atom stereocenters. The van der Waals surface area contributed by atoms with E-state index in [4.69, 9.17) is 0 Å². The van der Waals surface area contributed by atoms with Gasteiger partial charge in [0.2, 0.25) is 0 Å². The van der Waals surface area contributed by atoms with Crippen LogP contribution >= 0.6 is 0 Å². The molecular formula is C18H22N2. The number of hydrogen-bond acceptors (Lipinski definition) is 2. The first-order valence-corrected chi connectivity index (χ1v) is 7.78. The van der Waals surface area contributed by atoms with Crippen molar-refractivity contribution in [1.29, 1.82) is 0 Å². The third-order valence-corrected chi connectivity index (χ3v) is 4.36. The molecule has 2 heteroatoms. The van der Waals surface area contributed by atoms with Crippen LogP contribution < -0.4 is 0 Å². The highest BCUT2D eigenvalue weighted by Crippen LogP contribution is 2.33. The van der Waals surface area contributed by atoms with Crippen LogP contribution in [0.25, 0.3) is 11.4 Å². The molecule has 2 aromatic rings. The van der Waals surface area contributed by atoms with Gasteiger partial charge in [-0.05, 0) is 36.3 Å². The standard InChI is InChI=1S/C18H22N2/c1-2-14-12-19-18(20-13-14)17-10-8-16(9-11-17)15-6-4-3-5-7-15/h8-13,15H,2-7H2,1H3. The van der Waals surface area contributed by atoms with Crippen molar-refractivity contribution < 1.29 is 0 Å². The lowest BCUT2D eigenvalue weighted by molar-refractivity contribution is 0.443. The second kappa shape index (κ2) is 6.17. The van der Waals surface area contributed by atoms with Crippen molar-refractivity contribution in [3.63, 3.8) is 0 Å². The van der Waals surface area contributed by atoms with Crippen molar-refractivity contribution >= 4 is 0 Å². The monoisotopic (exact) mass is 266 g/mol. The quantitative estimate of drug-likeness (QED) is 0.801. The molecular weight excluding hydrogens is 244 g/mol. The number of aromatic nitrogens is 2. The molecule has 1 aliphatic rings. The molecule has 2 nitrogen and oxygen atoms in total. The van der Waals surface area contributed by atoms with E-state index in [1.807, 2.05) is 12.4 Å². The lowest BCUT2D eigenvalue weighted by atomic mass is 9.84. The molecule has 20 heavy (non-hydrogen) atoms. The van der Waals surface area contributed by atoms with Gasteiger partial charge in [0, 0.05) is 18.0 Å². The average Bonchev–Trinajstić information content (AvgIpc) is 2.56. The van der Waals surface area contributed by atoms with E-state index in [0.717, 1.165) is 23.7 Å². The Kier molecular flexibility index (Phi) is 4.10. The number of nitrogens with zero attached hydrogens (tertiary/aromatic N) is 2. The van der Waals surface area contributed by atoms with Crippen LogP contribution in [0.15, 0.2) is 36.7 Å². The summed E-state index contributed by atoms with van der Waals surface area (Å²) in [4.78, 5) is 8.90. The molecule has 1 aliphatic carbocycles. The first kappa shape index (κ1) is 13.3. The Morgan fingerprint density at radius 1 is 0.950 bits per heavy atom. The Bertz CT molecular complexity index is 537. The van der Waals surface area contributed by atoms with E-state index in [2.05, 4.69) is 41.2 Å². The van der Waals surface area contributed by atoms with Crippen LogP contribution in [0.3, 0.4) is 0 Å². The first-order chi connectivity index (χ1) is 9.86. The molecule has 1 aromatic heterocycles. The summed E-state index contributed by atoms with van der Waals surface area (Å²) in [7, 11) is 0. The Balaban J connectivity index is 1.77. The topological polar surface area (TPSA) is 25.8 Å². The number of rotatable bonds is 3. The third kappa shape index (κ3) is 2.90. The average molecular weight is 266 g/mol. The maximum atomic E-state index is 4.45. The summed E-state index contributed by atoms with van der Waals surface area (Å²) < 4.78 is 0. The lowest BCUT2D eigenvalue weighted by Gasteiger charge is -2.22. The summed E-state index contributed by atoms with van der Waals surface area (Å²) in [6.45, 7) is 2.12. The molecule has 3 rings (SSSR count). The minimum atomic E-state index is 0.765.